The van der Waals surface area contributed by atoms with Gasteiger partial charge in [0, 0.05) is 11.0 Å². The summed E-state index contributed by atoms with van der Waals surface area (Å²) < 4.78 is 6.73. The number of rotatable bonds is 7. The van der Waals surface area contributed by atoms with Crippen LogP contribution in [0.1, 0.15) is 38.3 Å². The molecule has 2 nitrogen and oxygen atoms in total. The molecule has 0 bridgehead atoms. The van der Waals surface area contributed by atoms with E-state index in [1.165, 1.54) is 17.5 Å². The van der Waals surface area contributed by atoms with Crippen molar-refractivity contribution in [1.29, 1.82) is 0 Å². The molecule has 1 aromatic carbocycles. The molecular formula is C14H22BrNO. The molecule has 3 heteroatoms. The van der Waals surface area contributed by atoms with Crippen molar-refractivity contribution in [3.8, 4) is 0 Å². The molecule has 0 fully saturated rings. The monoisotopic (exact) mass is 299 g/mol. The molecule has 1 rings (SSSR count). The standard InChI is InChI=1S/C14H22BrNO/c1-4-7-16-9-12-5-6-13(14(15)8-12)10-17-11(2)3/h5-6,8,11,16H,4,7,9-10H2,1-3H3. The van der Waals surface area contributed by atoms with Crippen LogP contribution >= 0.6 is 15.9 Å². The number of halogens is 1. The number of nitrogens with one attached hydrogen (secondary N) is 1. The fourth-order valence-electron chi connectivity index (χ4n) is 1.48. The zero-order valence-electron chi connectivity index (χ0n) is 10.9. The molecule has 0 aliphatic heterocycles. The Bertz CT molecular complexity index is 339. The molecule has 0 amide bonds. The minimum atomic E-state index is 0.271. The summed E-state index contributed by atoms with van der Waals surface area (Å²) in [7, 11) is 0. The van der Waals surface area contributed by atoms with Gasteiger partial charge in [0.05, 0.1) is 12.7 Å². The number of hydrogen-bond acceptors (Lipinski definition) is 2. The van der Waals surface area contributed by atoms with Gasteiger partial charge in [-0.1, -0.05) is 35.0 Å². The van der Waals surface area contributed by atoms with Crippen molar-refractivity contribution in [2.75, 3.05) is 6.54 Å². The van der Waals surface area contributed by atoms with Gasteiger partial charge in [-0.15, -0.1) is 0 Å². The molecule has 1 aromatic rings. The predicted octanol–water partition coefficient (Wildman–Crippen LogP) is 3.87. The zero-order valence-corrected chi connectivity index (χ0v) is 12.5. The first-order valence-electron chi connectivity index (χ1n) is 6.23. The van der Waals surface area contributed by atoms with Crippen molar-refractivity contribution >= 4 is 15.9 Å². The summed E-state index contributed by atoms with van der Waals surface area (Å²) in [5.41, 5.74) is 2.51. The van der Waals surface area contributed by atoms with E-state index in [1.807, 2.05) is 0 Å². The van der Waals surface area contributed by atoms with E-state index in [0.717, 1.165) is 17.6 Å². The van der Waals surface area contributed by atoms with Crippen LogP contribution in [0, 0.1) is 0 Å². The van der Waals surface area contributed by atoms with Crippen LogP contribution in [0.5, 0.6) is 0 Å². The van der Waals surface area contributed by atoms with E-state index in [2.05, 4.69) is 60.2 Å². The molecule has 0 spiro atoms. The van der Waals surface area contributed by atoms with Crippen molar-refractivity contribution in [2.45, 2.75) is 46.4 Å². The van der Waals surface area contributed by atoms with E-state index in [4.69, 9.17) is 4.74 Å². The topological polar surface area (TPSA) is 21.3 Å². The predicted molar refractivity (Wildman–Crippen MR) is 76.1 cm³/mol. The highest BCUT2D eigenvalue weighted by Gasteiger charge is 2.03. The lowest BCUT2D eigenvalue weighted by atomic mass is 10.1. The first-order valence-corrected chi connectivity index (χ1v) is 7.02. The van der Waals surface area contributed by atoms with Gasteiger partial charge in [-0.05, 0) is 44.0 Å². The zero-order chi connectivity index (χ0) is 12.7. The molecule has 0 heterocycles. The molecule has 0 aliphatic rings. The lowest BCUT2D eigenvalue weighted by Crippen LogP contribution is -2.13. The van der Waals surface area contributed by atoms with Crippen LogP contribution in [0.2, 0.25) is 0 Å². The molecule has 0 unspecified atom stereocenters. The van der Waals surface area contributed by atoms with E-state index in [-0.39, 0.29) is 6.10 Å². The third-order valence-corrected chi connectivity index (χ3v) is 3.18. The average Bonchev–Trinajstić information content (AvgIpc) is 2.28. The summed E-state index contributed by atoms with van der Waals surface area (Å²) >= 11 is 3.60. The fourth-order valence-corrected chi connectivity index (χ4v) is 2.02. The quantitative estimate of drug-likeness (QED) is 0.772. The Morgan fingerprint density at radius 3 is 2.71 bits per heavy atom. The maximum Gasteiger partial charge on any atom is 0.0731 e. The first-order chi connectivity index (χ1) is 8.13. The van der Waals surface area contributed by atoms with Crippen LogP contribution in [0.4, 0.5) is 0 Å². The first kappa shape index (κ1) is 14.7. The van der Waals surface area contributed by atoms with Gasteiger partial charge in [-0.3, -0.25) is 0 Å². The van der Waals surface area contributed by atoms with Crippen molar-refractivity contribution < 1.29 is 4.74 Å². The molecule has 0 aliphatic carbocycles. The number of ether oxygens (including phenoxy) is 1. The van der Waals surface area contributed by atoms with Gasteiger partial charge in [0.1, 0.15) is 0 Å². The summed E-state index contributed by atoms with van der Waals surface area (Å²) in [4.78, 5) is 0. The van der Waals surface area contributed by atoms with E-state index in [1.54, 1.807) is 0 Å². The third-order valence-electron chi connectivity index (χ3n) is 2.45. The molecule has 1 N–H and O–H groups in total. The van der Waals surface area contributed by atoms with E-state index in [9.17, 15) is 0 Å². The van der Waals surface area contributed by atoms with Gasteiger partial charge in [0.2, 0.25) is 0 Å². The van der Waals surface area contributed by atoms with Crippen LogP contribution in [-0.4, -0.2) is 12.6 Å². The van der Waals surface area contributed by atoms with Crippen LogP contribution in [0.3, 0.4) is 0 Å². The molecule has 0 aromatic heterocycles. The van der Waals surface area contributed by atoms with Gasteiger partial charge < -0.3 is 10.1 Å². The largest absolute Gasteiger partial charge is 0.374 e. The van der Waals surface area contributed by atoms with E-state index >= 15 is 0 Å². The van der Waals surface area contributed by atoms with Crippen LogP contribution < -0.4 is 5.32 Å². The van der Waals surface area contributed by atoms with Gasteiger partial charge in [-0.25, -0.2) is 0 Å². The van der Waals surface area contributed by atoms with Crippen molar-refractivity contribution in [3.63, 3.8) is 0 Å². The Morgan fingerprint density at radius 1 is 1.35 bits per heavy atom. The second-order valence-electron chi connectivity index (χ2n) is 4.46. The molecule has 17 heavy (non-hydrogen) atoms. The summed E-state index contributed by atoms with van der Waals surface area (Å²) in [6, 6.07) is 6.46. The highest BCUT2D eigenvalue weighted by atomic mass is 79.9. The lowest BCUT2D eigenvalue weighted by Gasteiger charge is -2.11. The molecule has 0 atom stereocenters. The maximum atomic E-state index is 5.60. The minimum Gasteiger partial charge on any atom is -0.374 e. The smallest absolute Gasteiger partial charge is 0.0731 e. The van der Waals surface area contributed by atoms with E-state index < -0.39 is 0 Å². The number of hydrogen-bond donors (Lipinski definition) is 1. The van der Waals surface area contributed by atoms with Gasteiger partial charge in [0.15, 0.2) is 0 Å². The molecule has 0 saturated heterocycles. The Labute approximate surface area is 113 Å². The second-order valence-corrected chi connectivity index (χ2v) is 5.32. The third kappa shape index (κ3) is 5.66. The van der Waals surface area contributed by atoms with Crippen molar-refractivity contribution in [3.05, 3.63) is 33.8 Å². The Hall–Kier alpha value is -0.380. The van der Waals surface area contributed by atoms with Crippen LogP contribution in [-0.2, 0) is 17.9 Å². The Kier molecular flexibility index (Phi) is 6.78. The minimum absolute atomic E-state index is 0.271. The lowest BCUT2D eigenvalue weighted by molar-refractivity contribution is 0.0653. The van der Waals surface area contributed by atoms with Crippen molar-refractivity contribution in [2.24, 2.45) is 0 Å². The number of benzene rings is 1. The van der Waals surface area contributed by atoms with Crippen LogP contribution in [0.15, 0.2) is 22.7 Å². The summed E-state index contributed by atoms with van der Waals surface area (Å²) in [5.74, 6) is 0. The highest BCUT2D eigenvalue weighted by Crippen LogP contribution is 2.20. The van der Waals surface area contributed by atoms with E-state index in [0.29, 0.717) is 6.61 Å². The van der Waals surface area contributed by atoms with Gasteiger partial charge in [0.25, 0.3) is 0 Å². The molecule has 96 valence electrons. The second kappa shape index (κ2) is 7.85. The normalized spacial score (nSPS) is 11.1. The SMILES string of the molecule is CCCNCc1ccc(COC(C)C)c(Br)c1. The summed E-state index contributed by atoms with van der Waals surface area (Å²) in [6.07, 6.45) is 1.44. The van der Waals surface area contributed by atoms with Crippen molar-refractivity contribution in [1.82, 2.24) is 5.32 Å². The van der Waals surface area contributed by atoms with Crippen LogP contribution in [0.25, 0.3) is 0 Å². The molecule has 0 radical (unpaired) electrons. The fraction of sp³-hybridized carbons (Fsp3) is 0.571. The maximum absolute atomic E-state index is 5.60. The van der Waals surface area contributed by atoms with Gasteiger partial charge in [-0.2, -0.15) is 0 Å². The highest BCUT2D eigenvalue weighted by molar-refractivity contribution is 9.10. The average molecular weight is 300 g/mol. The molecule has 0 saturated carbocycles. The van der Waals surface area contributed by atoms with Gasteiger partial charge >= 0.3 is 0 Å². The Balaban J connectivity index is 2.53. The Morgan fingerprint density at radius 2 is 2.12 bits per heavy atom. The summed E-state index contributed by atoms with van der Waals surface area (Å²) in [6.45, 7) is 8.94. The molecular weight excluding hydrogens is 278 g/mol. The summed E-state index contributed by atoms with van der Waals surface area (Å²) in [5, 5.41) is 3.40.